The highest BCUT2D eigenvalue weighted by Gasteiger charge is 2.28. The van der Waals surface area contributed by atoms with E-state index in [-0.39, 0.29) is 0 Å². The standard InChI is InChI=1S/C4H5N3O2/c8-7-4(3-5-9-7)6-1-2-6/h3H,1-2H2. The summed E-state index contributed by atoms with van der Waals surface area (Å²) in [6.45, 7) is 1.87. The Labute approximate surface area is 51.0 Å². The molecule has 0 atom stereocenters. The summed E-state index contributed by atoms with van der Waals surface area (Å²) in [6.07, 6.45) is 1.42. The van der Waals surface area contributed by atoms with E-state index in [0.29, 0.717) is 10.7 Å². The van der Waals surface area contributed by atoms with Crippen LogP contribution in [0.1, 0.15) is 0 Å². The van der Waals surface area contributed by atoms with Crippen LogP contribution in [0.5, 0.6) is 0 Å². The Morgan fingerprint density at radius 1 is 1.78 bits per heavy atom. The summed E-state index contributed by atoms with van der Waals surface area (Å²) in [6, 6.07) is 0. The maximum atomic E-state index is 10.5. The third kappa shape index (κ3) is 0.611. The van der Waals surface area contributed by atoms with Gasteiger partial charge in [0.05, 0.1) is 13.1 Å². The van der Waals surface area contributed by atoms with Crippen molar-refractivity contribution in [1.82, 2.24) is 5.16 Å². The highest BCUT2D eigenvalue weighted by Crippen LogP contribution is 2.13. The quantitative estimate of drug-likeness (QED) is 0.363. The third-order valence-corrected chi connectivity index (χ3v) is 1.25. The van der Waals surface area contributed by atoms with Crippen molar-refractivity contribution in [3.05, 3.63) is 11.4 Å². The molecule has 0 saturated carbocycles. The molecule has 0 amide bonds. The van der Waals surface area contributed by atoms with Gasteiger partial charge in [0.15, 0.2) is 6.20 Å². The predicted molar refractivity (Wildman–Crippen MR) is 27.7 cm³/mol. The van der Waals surface area contributed by atoms with Crippen LogP contribution in [0.25, 0.3) is 0 Å². The van der Waals surface area contributed by atoms with E-state index < -0.39 is 0 Å². The minimum Gasteiger partial charge on any atom is -0.391 e. The Morgan fingerprint density at radius 2 is 2.56 bits per heavy atom. The lowest BCUT2D eigenvalue weighted by atomic mass is 10.7. The molecule has 1 fully saturated rings. The van der Waals surface area contributed by atoms with Gasteiger partial charge in [-0.25, -0.2) is 0 Å². The van der Waals surface area contributed by atoms with E-state index in [2.05, 4.69) is 9.79 Å². The van der Waals surface area contributed by atoms with Gasteiger partial charge in [-0.3, -0.25) is 4.90 Å². The molecular formula is C4H5N3O2. The van der Waals surface area contributed by atoms with Crippen LogP contribution in [0.15, 0.2) is 10.8 Å². The van der Waals surface area contributed by atoms with Gasteiger partial charge in [0.1, 0.15) is 0 Å². The fraction of sp³-hybridized carbons (Fsp3) is 0.500. The smallest absolute Gasteiger partial charge is 0.296 e. The molecule has 1 aliphatic rings. The molecule has 2 heterocycles. The second-order valence-electron chi connectivity index (χ2n) is 1.92. The number of aromatic nitrogens is 2. The highest BCUT2D eigenvalue weighted by molar-refractivity contribution is 5.36. The second-order valence-corrected chi connectivity index (χ2v) is 1.92. The highest BCUT2D eigenvalue weighted by atomic mass is 16.8. The van der Waals surface area contributed by atoms with E-state index in [1.807, 2.05) is 4.90 Å². The predicted octanol–water partition coefficient (Wildman–Crippen LogP) is -0.872. The van der Waals surface area contributed by atoms with Crippen molar-refractivity contribution in [2.45, 2.75) is 0 Å². The Balaban J connectivity index is 2.35. The number of rotatable bonds is 1. The molecule has 48 valence electrons. The molecule has 0 radical (unpaired) electrons. The normalized spacial score (nSPS) is 16.2. The van der Waals surface area contributed by atoms with Gasteiger partial charge in [0.25, 0.3) is 5.82 Å². The van der Waals surface area contributed by atoms with Crippen LogP contribution in [-0.2, 0) is 0 Å². The van der Waals surface area contributed by atoms with Gasteiger partial charge in [0.2, 0.25) is 0 Å². The first kappa shape index (κ1) is 4.60. The maximum absolute atomic E-state index is 10.5. The Bertz CT molecular complexity index is 217. The zero-order valence-corrected chi connectivity index (χ0v) is 4.65. The van der Waals surface area contributed by atoms with Crippen LogP contribution >= 0.6 is 0 Å². The molecule has 1 aromatic rings. The first-order valence-corrected chi connectivity index (χ1v) is 2.67. The lowest BCUT2D eigenvalue weighted by molar-refractivity contribution is -0.791. The summed E-state index contributed by atoms with van der Waals surface area (Å²) in [5.41, 5.74) is 0. The first-order valence-electron chi connectivity index (χ1n) is 2.67. The molecule has 5 nitrogen and oxygen atoms in total. The van der Waals surface area contributed by atoms with Crippen LogP contribution in [-0.4, -0.2) is 18.2 Å². The summed E-state index contributed by atoms with van der Waals surface area (Å²) < 4.78 is 4.24. The fourth-order valence-corrected chi connectivity index (χ4v) is 0.679. The van der Waals surface area contributed by atoms with E-state index in [0.717, 1.165) is 13.1 Å². The number of nitrogens with zero attached hydrogens (tertiary/aromatic N) is 3. The van der Waals surface area contributed by atoms with Crippen LogP contribution in [0.2, 0.25) is 0 Å². The van der Waals surface area contributed by atoms with Gasteiger partial charge in [-0.15, -0.1) is 0 Å². The Kier molecular flexibility index (Phi) is 0.700. The Morgan fingerprint density at radius 3 is 3.00 bits per heavy atom. The van der Waals surface area contributed by atoms with Crippen molar-refractivity contribution in [2.24, 2.45) is 0 Å². The van der Waals surface area contributed by atoms with E-state index in [1.165, 1.54) is 6.20 Å². The molecule has 2 rings (SSSR count). The molecule has 1 aliphatic heterocycles. The molecule has 1 aromatic heterocycles. The van der Waals surface area contributed by atoms with Gasteiger partial charge in [0, 0.05) is 0 Å². The van der Waals surface area contributed by atoms with Crippen LogP contribution in [0, 0.1) is 5.21 Å². The van der Waals surface area contributed by atoms with Crippen LogP contribution < -0.4 is 9.80 Å². The maximum Gasteiger partial charge on any atom is 0.296 e. The number of hydrogen-bond donors (Lipinski definition) is 0. The van der Waals surface area contributed by atoms with Gasteiger partial charge in [-0.1, -0.05) is 4.90 Å². The lowest BCUT2D eigenvalue weighted by Crippen LogP contribution is -2.26. The zero-order chi connectivity index (χ0) is 6.27. The second kappa shape index (κ2) is 1.37. The van der Waals surface area contributed by atoms with Crippen molar-refractivity contribution < 1.29 is 9.53 Å². The first-order chi connectivity index (χ1) is 4.38. The third-order valence-electron chi connectivity index (χ3n) is 1.25. The molecule has 0 N–H and O–H groups in total. The summed E-state index contributed by atoms with van der Waals surface area (Å²) in [5, 5.41) is 13.9. The van der Waals surface area contributed by atoms with Gasteiger partial charge in [-0.05, 0) is 5.16 Å². The minimum absolute atomic E-state index is 0.410. The van der Waals surface area contributed by atoms with Gasteiger partial charge in [-0.2, -0.15) is 0 Å². The van der Waals surface area contributed by atoms with Crippen molar-refractivity contribution >= 4 is 5.82 Å². The minimum atomic E-state index is 0.410. The molecule has 0 aliphatic carbocycles. The van der Waals surface area contributed by atoms with Crippen molar-refractivity contribution in [2.75, 3.05) is 18.0 Å². The van der Waals surface area contributed by atoms with E-state index in [1.54, 1.807) is 0 Å². The molecular weight excluding hydrogens is 122 g/mol. The molecule has 5 heteroatoms. The zero-order valence-electron chi connectivity index (χ0n) is 4.65. The summed E-state index contributed by atoms with van der Waals surface area (Å²) in [7, 11) is 0. The van der Waals surface area contributed by atoms with Gasteiger partial charge >= 0.3 is 0 Å². The average molecular weight is 127 g/mol. The molecule has 0 spiro atoms. The SMILES string of the molecule is [O-][n+]1oncc1N1CC1. The molecule has 1 saturated heterocycles. The average Bonchev–Trinajstić information content (AvgIpc) is 2.58. The summed E-state index contributed by atoms with van der Waals surface area (Å²) in [5.74, 6) is 0.509. The van der Waals surface area contributed by atoms with Crippen LogP contribution in [0.4, 0.5) is 5.82 Å². The van der Waals surface area contributed by atoms with Crippen molar-refractivity contribution in [3.63, 3.8) is 0 Å². The van der Waals surface area contributed by atoms with Crippen molar-refractivity contribution in [1.29, 1.82) is 0 Å². The van der Waals surface area contributed by atoms with Crippen molar-refractivity contribution in [3.8, 4) is 0 Å². The molecule has 9 heavy (non-hydrogen) atoms. The summed E-state index contributed by atoms with van der Waals surface area (Å²) in [4.78, 5) is 2.27. The topological polar surface area (TPSA) is 56.0 Å². The van der Waals surface area contributed by atoms with Gasteiger partial charge < -0.3 is 9.84 Å². The van der Waals surface area contributed by atoms with Crippen LogP contribution in [0.3, 0.4) is 0 Å². The summed E-state index contributed by atoms with van der Waals surface area (Å²) >= 11 is 0. The molecule has 0 bridgehead atoms. The number of anilines is 1. The fourth-order valence-electron chi connectivity index (χ4n) is 0.679. The lowest BCUT2D eigenvalue weighted by Gasteiger charge is -1.91. The van der Waals surface area contributed by atoms with E-state index in [9.17, 15) is 5.21 Å². The molecule has 0 aromatic carbocycles. The molecule has 0 unspecified atom stereocenters. The Hall–Kier alpha value is -1.26. The largest absolute Gasteiger partial charge is 0.391 e. The van der Waals surface area contributed by atoms with E-state index >= 15 is 0 Å². The van der Waals surface area contributed by atoms with E-state index in [4.69, 9.17) is 0 Å². The number of hydrogen-bond acceptors (Lipinski definition) is 4. The monoisotopic (exact) mass is 127 g/mol.